The van der Waals surface area contributed by atoms with E-state index >= 15 is 0 Å². The van der Waals surface area contributed by atoms with Crippen LogP contribution in [0, 0.1) is 23.7 Å². The summed E-state index contributed by atoms with van der Waals surface area (Å²) in [5.74, 6) is -1.91. The Bertz CT molecular complexity index is 2990. The Balaban J connectivity index is 0.594. The second kappa shape index (κ2) is 34.0. The van der Waals surface area contributed by atoms with Crippen molar-refractivity contribution < 1.29 is 66.7 Å². The van der Waals surface area contributed by atoms with Gasteiger partial charge in [-0.3, -0.25) is 28.8 Å². The van der Waals surface area contributed by atoms with E-state index in [-0.39, 0.29) is 136 Å². The van der Waals surface area contributed by atoms with Gasteiger partial charge in [0.1, 0.15) is 0 Å². The van der Waals surface area contributed by atoms with Gasteiger partial charge in [0.2, 0.25) is 11.8 Å². The first-order valence-electron chi connectivity index (χ1n) is 32.6. The monoisotopic (exact) mass is 1230 g/mol. The largest absolute Gasteiger partial charge is 0.382 e. The molecule has 2 amide bonds. The maximum Gasteiger partial charge on any atom is 0.220 e. The normalized spacial score (nSPS) is 25.2. The Morgan fingerprint density at radius 3 is 1.45 bits per heavy atom. The maximum absolute atomic E-state index is 13.8. The Kier molecular flexibility index (Phi) is 25.8. The molecule has 0 saturated heterocycles. The average molecular weight is 1230 g/mol. The highest BCUT2D eigenvalue weighted by molar-refractivity contribution is 6.31. The van der Waals surface area contributed by atoms with Gasteiger partial charge in [-0.15, -0.1) is 0 Å². The van der Waals surface area contributed by atoms with Crippen molar-refractivity contribution in [1.82, 2.24) is 10.6 Å². The summed E-state index contributed by atoms with van der Waals surface area (Å²) >= 11 is 0. The maximum atomic E-state index is 13.8. The molecule has 0 bridgehead atoms. The molecule has 3 fully saturated rings. The fraction of sp³-hybridized carbons (Fsp3) is 0.618. The van der Waals surface area contributed by atoms with Gasteiger partial charge in [-0.1, -0.05) is 50.2 Å². The van der Waals surface area contributed by atoms with Crippen molar-refractivity contribution in [2.75, 3.05) is 116 Å². The number of hydrogen-bond donors (Lipinski definition) is 7. The lowest BCUT2D eigenvalue weighted by atomic mass is 9.78. The molecule has 0 spiro atoms. The highest BCUT2D eigenvalue weighted by Gasteiger charge is 2.40. The molecule has 4 aromatic carbocycles. The van der Waals surface area contributed by atoms with Crippen molar-refractivity contribution in [3.63, 3.8) is 0 Å². The summed E-state index contributed by atoms with van der Waals surface area (Å²) in [6.07, 6.45) is 9.12. The predicted molar refractivity (Wildman–Crippen MR) is 340 cm³/mol. The predicted octanol–water partition coefficient (Wildman–Crippen LogP) is 6.71. The van der Waals surface area contributed by atoms with Gasteiger partial charge < -0.3 is 76.4 Å². The minimum absolute atomic E-state index is 0.0134. The van der Waals surface area contributed by atoms with Crippen molar-refractivity contribution in [2.24, 2.45) is 40.9 Å². The van der Waals surface area contributed by atoms with Crippen LogP contribution in [0.1, 0.15) is 139 Å². The van der Waals surface area contributed by atoms with E-state index in [2.05, 4.69) is 35.1 Å². The molecule has 0 radical (unpaired) electrons. The van der Waals surface area contributed by atoms with Crippen molar-refractivity contribution in [3.05, 3.63) is 82.9 Å². The molecule has 11 atom stereocenters. The second-order valence-corrected chi connectivity index (χ2v) is 24.7. The average Bonchev–Trinajstić information content (AvgIpc) is 1.29. The summed E-state index contributed by atoms with van der Waals surface area (Å²) in [4.78, 5) is 80.2. The first-order chi connectivity index (χ1) is 43.3. The molecule has 3 saturated carbocycles. The topological polar surface area (TPSA) is 302 Å². The van der Waals surface area contributed by atoms with E-state index in [9.17, 15) is 28.8 Å². The molecule has 0 aromatic heterocycles. The number of amides is 2. The summed E-state index contributed by atoms with van der Waals surface area (Å²) in [6.45, 7) is 10.1. The van der Waals surface area contributed by atoms with Crippen LogP contribution in [0.4, 0.5) is 11.4 Å². The minimum atomic E-state index is -0.855. The number of nitrogens with one attached hydrogen (secondary N) is 4. The molecular formula is C68H95N7O14. The van der Waals surface area contributed by atoms with Gasteiger partial charge in [-0.25, -0.2) is 0 Å². The van der Waals surface area contributed by atoms with Crippen molar-refractivity contribution >= 4 is 67.9 Å². The van der Waals surface area contributed by atoms with Crippen molar-refractivity contribution in [3.8, 4) is 0 Å². The number of anilines is 2. The van der Waals surface area contributed by atoms with Crippen LogP contribution < -0.4 is 38.5 Å². The number of hydrogen-bond acceptors (Lipinski definition) is 19. The number of ether oxygens (including phenoxy) is 8. The van der Waals surface area contributed by atoms with E-state index in [0.717, 1.165) is 73.5 Å². The lowest BCUT2D eigenvalue weighted by Crippen LogP contribution is -2.51. The third kappa shape index (κ3) is 18.2. The molecule has 0 aliphatic heterocycles. The molecule has 5 aliphatic carbocycles. The first-order valence-corrected chi connectivity index (χ1v) is 32.6. The SMILES string of the molecule is CC1CCC(OC2CCC(OC3CCC(C)C(NC(=O)CCC(=O)NCCOCCOCCC4C(=O)c5cccc6c(NCCOCCOCCNc7ccc8c9c(cccc79)C(=O)C(CCOCCOCCN)C8=O)ccc(c56)C4=O)C3)C(N)C2)C(N)C1. The van der Waals surface area contributed by atoms with E-state index in [1.807, 2.05) is 36.4 Å². The summed E-state index contributed by atoms with van der Waals surface area (Å²) in [5, 5.41) is 15.7. The number of rotatable bonds is 36. The molecule has 21 heteroatoms. The van der Waals surface area contributed by atoms with Gasteiger partial charge in [0.15, 0.2) is 23.1 Å². The number of Topliss-reactive ketones (excluding diaryl/α,β-unsaturated/α-hetero) is 4. The van der Waals surface area contributed by atoms with E-state index < -0.39 is 11.8 Å². The fourth-order valence-corrected chi connectivity index (χ4v) is 13.4. The van der Waals surface area contributed by atoms with Gasteiger partial charge in [-0.05, 0) is 107 Å². The Labute approximate surface area is 522 Å². The quantitative estimate of drug-likeness (QED) is 0.0184. The van der Waals surface area contributed by atoms with Gasteiger partial charge in [-0.2, -0.15) is 0 Å². The van der Waals surface area contributed by atoms with Crippen LogP contribution in [-0.2, 0) is 47.5 Å². The highest BCUT2D eigenvalue weighted by Crippen LogP contribution is 2.39. The standard InChI is InChI=1S/C68H95N7O14/c1-42-9-17-59(54(70)39-42)88-44-12-18-60(55(71)40-44)89-45-11-10-43(2)58(41-45)75-62(77)20-19-61(76)74-26-32-87-36-34-83-28-22-53-66(79)49-8-4-6-47-57(16-14-51(64(47)49)68(53)81)73-25-31-86-38-37-85-30-24-72-56-15-13-50-63-46(56)5-3-7-48(63)65(78)52(67(50)80)21-27-82-33-35-84-29-23-69/h3-8,13-16,42-45,52-55,58-60,72-73H,9-12,17-41,69-71H2,1-2H3,(H,74,76)(H,75,77). The number of ketones is 4. The van der Waals surface area contributed by atoms with Crippen molar-refractivity contribution in [1.29, 1.82) is 0 Å². The second-order valence-electron chi connectivity index (χ2n) is 24.7. The molecule has 0 heterocycles. The summed E-state index contributed by atoms with van der Waals surface area (Å²) in [6, 6.07) is 18.3. The molecule has 5 aliphatic rings. The molecule has 89 heavy (non-hydrogen) atoms. The van der Waals surface area contributed by atoms with E-state index in [1.165, 1.54) is 0 Å². The van der Waals surface area contributed by atoms with Crippen LogP contribution in [0.25, 0.3) is 21.5 Å². The zero-order valence-electron chi connectivity index (χ0n) is 52.1. The third-order valence-corrected chi connectivity index (χ3v) is 18.3. The molecule has 10 N–H and O–H groups in total. The van der Waals surface area contributed by atoms with Gasteiger partial charge in [0, 0.05) is 126 Å². The van der Waals surface area contributed by atoms with Crippen LogP contribution >= 0.6 is 0 Å². The molecule has 21 nitrogen and oxygen atoms in total. The molecule has 11 unspecified atom stereocenters. The summed E-state index contributed by atoms with van der Waals surface area (Å²) in [7, 11) is 0. The number of carbonyl (C=O) groups is 6. The van der Waals surface area contributed by atoms with Gasteiger partial charge in [0.25, 0.3) is 0 Å². The van der Waals surface area contributed by atoms with Crippen molar-refractivity contribution in [2.45, 2.75) is 140 Å². The van der Waals surface area contributed by atoms with Gasteiger partial charge >= 0.3 is 0 Å². The molecule has 4 aromatic rings. The van der Waals surface area contributed by atoms with Crippen LogP contribution in [0.5, 0.6) is 0 Å². The Morgan fingerprint density at radius 2 is 0.933 bits per heavy atom. The molecular weight excluding hydrogens is 1140 g/mol. The number of benzene rings is 4. The smallest absolute Gasteiger partial charge is 0.220 e. The van der Waals surface area contributed by atoms with Crippen LogP contribution in [0.3, 0.4) is 0 Å². The van der Waals surface area contributed by atoms with Crippen LogP contribution in [-0.4, -0.2) is 183 Å². The van der Waals surface area contributed by atoms with E-state index in [4.69, 9.17) is 55.1 Å². The highest BCUT2D eigenvalue weighted by atomic mass is 16.5. The zero-order chi connectivity index (χ0) is 62.7. The molecule has 9 rings (SSSR count). The summed E-state index contributed by atoms with van der Waals surface area (Å²) in [5.41, 5.74) is 22.2. The Hall–Kier alpha value is -5.82. The van der Waals surface area contributed by atoms with E-state index in [0.29, 0.717) is 124 Å². The molecule has 486 valence electrons. The minimum Gasteiger partial charge on any atom is -0.382 e. The van der Waals surface area contributed by atoms with Gasteiger partial charge in [0.05, 0.1) is 102 Å². The number of carbonyl (C=O) groups excluding carboxylic acids is 6. The number of nitrogens with two attached hydrogens (primary N) is 3. The van der Waals surface area contributed by atoms with Crippen LogP contribution in [0.2, 0.25) is 0 Å². The Morgan fingerprint density at radius 1 is 0.483 bits per heavy atom. The third-order valence-electron chi connectivity index (χ3n) is 18.3. The first kappa shape index (κ1) is 67.6. The summed E-state index contributed by atoms with van der Waals surface area (Å²) < 4.78 is 47.1. The lowest BCUT2D eigenvalue weighted by Gasteiger charge is -2.41. The fourth-order valence-electron chi connectivity index (χ4n) is 13.4. The zero-order valence-corrected chi connectivity index (χ0v) is 52.1. The van der Waals surface area contributed by atoms with E-state index in [1.54, 1.807) is 24.3 Å². The van der Waals surface area contributed by atoms with Crippen LogP contribution in [0.15, 0.2) is 60.7 Å². The lowest BCUT2D eigenvalue weighted by molar-refractivity contribution is -0.128.